The summed E-state index contributed by atoms with van der Waals surface area (Å²) in [6, 6.07) is 14.5. The molecule has 0 saturated heterocycles. The second kappa shape index (κ2) is 7.55. The number of aliphatic hydroxyl groups excluding tert-OH is 1. The third-order valence-corrected chi connectivity index (χ3v) is 4.35. The summed E-state index contributed by atoms with van der Waals surface area (Å²) in [4.78, 5) is 21.8. The Balaban J connectivity index is 1.79. The van der Waals surface area contributed by atoms with Gasteiger partial charge < -0.3 is 25.2 Å². The number of carboxylic acids is 2. The first-order valence-corrected chi connectivity index (χ1v) is 8.29. The van der Waals surface area contributed by atoms with E-state index in [0.29, 0.717) is 0 Å². The van der Waals surface area contributed by atoms with Crippen LogP contribution in [-0.2, 0) is 16.1 Å². The molecule has 1 aromatic heterocycles. The number of nitrogens with zero attached hydrogens (tertiary/aromatic N) is 1. The Hall–Kier alpha value is -2.90. The lowest BCUT2D eigenvalue weighted by molar-refractivity contribution is -0.146. The van der Waals surface area contributed by atoms with E-state index in [-0.39, 0.29) is 13.1 Å². The summed E-state index contributed by atoms with van der Waals surface area (Å²) in [6.07, 6.45) is -1.41. The standard InChI is InChI=1S/C19H20N2O5/c22-12(10-20-15(19(25)26)9-18(23)24)11-21-16-7-3-1-5-13(16)14-6-2-4-8-17(14)21/h1-8,12,15,20,22H,9-11H2,(H,23,24)(H,25,26). The molecule has 136 valence electrons. The highest BCUT2D eigenvalue weighted by Gasteiger charge is 2.22. The summed E-state index contributed by atoms with van der Waals surface area (Å²) in [5.74, 6) is -2.46. The largest absolute Gasteiger partial charge is 0.481 e. The van der Waals surface area contributed by atoms with Gasteiger partial charge in [0.05, 0.1) is 19.1 Å². The van der Waals surface area contributed by atoms with Crippen molar-refractivity contribution in [3.63, 3.8) is 0 Å². The SMILES string of the molecule is O=C(O)CC(NCC(O)Cn1c2ccccc2c2ccccc21)C(=O)O. The number of carbonyl (C=O) groups is 2. The number of aliphatic carboxylic acids is 2. The number of carboxylic acid groups (broad SMARTS) is 2. The molecule has 0 spiro atoms. The van der Waals surface area contributed by atoms with Crippen LogP contribution in [0.25, 0.3) is 21.8 Å². The van der Waals surface area contributed by atoms with Crippen molar-refractivity contribution in [1.82, 2.24) is 9.88 Å². The van der Waals surface area contributed by atoms with E-state index in [1.54, 1.807) is 0 Å². The van der Waals surface area contributed by atoms with Crippen molar-refractivity contribution in [3.05, 3.63) is 48.5 Å². The number of para-hydroxylation sites is 2. The van der Waals surface area contributed by atoms with Gasteiger partial charge in [-0.2, -0.15) is 0 Å². The first-order valence-electron chi connectivity index (χ1n) is 8.29. The number of aromatic nitrogens is 1. The molecule has 1 heterocycles. The molecule has 3 rings (SSSR count). The van der Waals surface area contributed by atoms with E-state index in [4.69, 9.17) is 10.2 Å². The lowest BCUT2D eigenvalue weighted by Crippen LogP contribution is -2.43. The normalized spacial score (nSPS) is 13.7. The fraction of sp³-hybridized carbons (Fsp3) is 0.263. The summed E-state index contributed by atoms with van der Waals surface area (Å²) in [7, 11) is 0. The van der Waals surface area contributed by atoms with Crippen molar-refractivity contribution in [2.24, 2.45) is 0 Å². The van der Waals surface area contributed by atoms with Crippen LogP contribution in [0.2, 0.25) is 0 Å². The third kappa shape index (κ3) is 3.68. The average Bonchev–Trinajstić information content (AvgIpc) is 2.93. The van der Waals surface area contributed by atoms with E-state index in [0.717, 1.165) is 21.8 Å². The first-order chi connectivity index (χ1) is 12.5. The number of benzene rings is 2. The molecule has 0 saturated carbocycles. The highest BCUT2D eigenvalue weighted by atomic mass is 16.4. The highest BCUT2D eigenvalue weighted by molar-refractivity contribution is 6.07. The molecule has 0 bridgehead atoms. The van der Waals surface area contributed by atoms with Crippen molar-refractivity contribution in [3.8, 4) is 0 Å². The number of fused-ring (bicyclic) bond motifs is 3. The Labute approximate surface area is 149 Å². The van der Waals surface area contributed by atoms with Crippen molar-refractivity contribution >= 4 is 33.7 Å². The van der Waals surface area contributed by atoms with Crippen LogP contribution in [0.4, 0.5) is 0 Å². The van der Waals surface area contributed by atoms with Gasteiger partial charge in [0.15, 0.2) is 0 Å². The lowest BCUT2D eigenvalue weighted by atomic mass is 10.2. The zero-order valence-electron chi connectivity index (χ0n) is 14.0. The van der Waals surface area contributed by atoms with Crippen LogP contribution >= 0.6 is 0 Å². The quantitative estimate of drug-likeness (QED) is 0.488. The maximum Gasteiger partial charge on any atom is 0.321 e. The molecule has 26 heavy (non-hydrogen) atoms. The number of aliphatic hydroxyl groups is 1. The minimum atomic E-state index is -1.25. The van der Waals surface area contributed by atoms with Crippen LogP contribution in [0, 0.1) is 0 Å². The van der Waals surface area contributed by atoms with E-state index in [1.807, 2.05) is 53.1 Å². The molecule has 0 fully saturated rings. The van der Waals surface area contributed by atoms with Gasteiger partial charge in [-0.1, -0.05) is 36.4 Å². The average molecular weight is 356 g/mol. The van der Waals surface area contributed by atoms with Crippen molar-refractivity contribution in [1.29, 1.82) is 0 Å². The van der Waals surface area contributed by atoms with Gasteiger partial charge >= 0.3 is 11.9 Å². The van der Waals surface area contributed by atoms with E-state index in [9.17, 15) is 14.7 Å². The topological polar surface area (TPSA) is 112 Å². The van der Waals surface area contributed by atoms with E-state index in [1.165, 1.54) is 0 Å². The molecule has 0 aliphatic heterocycles. The highest BCUT2D eigenvalue weighted by Crippen LogP contribution is 2.28. The number of hydrogen-bond donors (Lipinski definition) is 4. The van der Waals surface area contributed by atoms with Gasteiger partial charge in [-0.15, -0.1) is 0 Å². The third-order valence-electron chi connectivity index (χ3n) is 4.35. The fourth-order valence-corrected chi connectivity index (χ4v) is 3.18. The van der Waals surface area contributed by atoms with Gasteiger partial charge in [-0.05, 0) is 12.1 Å². The molecule has 2 unspecified atom stereocenters. The summed E-state index contributed by atoms with van der Waals surface area (Å²) in [5, 5.41) is 33.0. The van der Waals surface area contributed by atoms with Crippen LogP contribution in [0.1, 0.15) is 6.42 Å². The Bertz CT molecular complexity index is 896. The van der Waals surface area contributed by atoms with Crippen LogP contribution < -0.4 is 5.32 Å². The Morgan fingerprint density at radius 3 is 2.00 bits per heavy atom. The Kier molecular flexibility index (Phi) is 5.20. The predicted molar refractivity (Wildman–Crippen MR) is 97.1 cm³/mol. The molecule has 4 N–H and O–H groups in total. The molecular weight excluding hydrogens is 336 g/mol. The van der Waals surface area contributed by atoms with Gasteiger partial charge in [-0.3, -0.25) is 9.59 Å². The fourth-order valence-electron chi connectivity index (χ4n) is 3.18. The Morgan fingerprint density at radius 2 is 1.50 bits per heavy atom. The van der Waals surface area contributed by atoms with Gasteiger partial charge in [0.2, 0.25) is 0 Å². The van der Waals surface area contributed by atoms with Crippen molar-refractivity contribution in [2.45, 2.75) is 25.1 Å². The molecule has 0 aliphatic carbocycles. The van der Waals surface area contributed by atoms with Gasteiger partial charge in [0.25, 0.3) is 0 Å². The molecule has 2 atom stereocenters. The van der Waals surface area contributed by atoms with E-state index < -0.39 is 30.5 Å². The van der Waals surface area contributed by atoms with Crippen LogP contribution in [0.15, 0.2) is 48.5 Å². The number of nitrogens with one attached hydrogen (secondary N) is 1. The maximum absolute atomic E-state index is 11.1. The predicted octanol–water partition coefficient (Wildman–Crippen LogP) is 1.67. The molecule has 0 amide bonds. The molecule has 2 aromatic carbocycles. The summed E-state index contributed by atoms with van der Waals surface area (Å²) < 4.78 is 1.99. The zero-order chi connectivity index (χ0) is 18.7. The summed E-state index contributed by atoms with van der Waals surface area (Å²) in [5.41, 5.74) is 1.96. The monoisotopic (exact) mass is 356 g/mol. The Morgan fingerprint density at radius 1 is 0.962 bits per heavy atom. The molecule has 3 aromatic rings. The smallest absolute Gasteiger partial charge is 0.321 e. The summed E-state index contributed by atoms with van der Waals surface area (Å²) >= 11 is 0. The number of hydrogen-bond acceptors (Lipinski definition) is 4. The molecule has 7 nitrogen and oxygen atoms in total. The summed E-state index contributed by atoms with van der Waals surface area (Å²) in [6.45, 7) is 0.242. The van der Waals surface area contributed by atoms with E-state index >= 15 is 0 Å². The maximum atomic E-state index is 11.1. The van der Waals surface area contributed by atoms with Crippen molar-refractivity contribution in [2.75, 3.05) is 6.54 Å². The molecular formula is C19H20N2O5. The van der Waals surface area contributed by atoms with Gasteiger partial charge in [-0.25, -0.2) is 0 Å². The van der Waals surface area contributed by atoms with Gasteiger partial charge in [0, 0.05) is 28.4 Å². The van der Waals surface area contributed by atoms with Gasteiger partial charge in [0.1, 0.15) is 6.04 Å². The second-order valence-corrected chi connectivity index (χ2v) is 6.20. The molecule has 7 heteroatoms. The second-order valence-electron chi connectivity index (χ2n) is 6.20. The minimum Gasteiger partial charge on any atom is -0.481 e. The minimum absolute atomic E-state index is 0.0227. The molecule has 0 aliphatic rings. The van der Waals surface area contributed by atoms with E-state index in [2.05, 4.69) is 5.32 Å². The number of rotatable bonds is 8. The molecule has 0 radical (unpaired) electrons. The van der Waals surface area contributed by atoms with Crippen molar-refractivity contribution < 1.29 is 24.9 Å². The van der Waals surface area contributed by atoms with Crippen LogP contribution in [-0.4, -0.2) is 50.5 Å². The zero-order valence-corrected chi connectivity index (χ0v) is 14.0. The first kappa shape index (κ1) is 17.9. The lowest BCUT2D eigenvalue weighted by Gasteiger charge is -2.17. The van der Waals surface area contributed by atoms with Crippen LogP contribution in [0.3, 0.4) is 0 Å². The van der Waals surface area contributed by atoms with Crippen LogP contribution in [0.5, 0.6) is 0 Å².